The van der Waals surface area contributed by atoms with E-state index in [0.29, 0.717) is 19.5 Å². The van der Waals surface area contributed by atoms with Crippen LogP contribution in [0.5, 0.6) is 0 Å². The third kappa shape index (κ3) is 2.86. The Kier molecular flexibility index (Phi) is 3.81. The van der Waals surface area contributed by atoms with Gasteiger partial charge in [-0.2, -0.15) is 0 Å². The van der Waals surface area contributed by atoms with Crippen LogP contribution in [0.1, 0.15) is 4.88 Å². The topological polar surface area (TPSA) is 43.8 Å². The molecule has 2 heterocycles. The van der Waals surface area contributed by atoms with Gasteiger partial charge in [-0.3, -0.25) is 4.79 Å². The molecule has 1 aromatic heterocycles. The number of hydrogen-bond donors (Lipinski definition) is 1. The van der Waals surface area contributed by atoms with Gasteiger partial charge in [0.25, 0.3) is 0 Å². The minimum absolute atomic E-state index is 0.0577. The first-order valence-corrected chi connectivity index (χ1v) is 6.60. The van der Waals surface area contributed by atoms with Crippen molar-refractivity contribution in [3.63, 3.8) is 0 Å². The zero-order valence-corrected chi connectivity index (χ0v) is 11.0. The van der Waals surface area contributed by atoms with Crippen LogP contribution in [0.4, 0.5) is 0 Å². The third-order valence-corrected chi connectivity index (χ3v) is 4.06. The van der Waals surface area contributed by atoms with E-state index in [1.165, 1.54) is 0 Å². The minimum Gasteiger partial charge on any atom is -0.390 e. The molecule has 2 rings (SSSR count). The predicted molar refractivity (Wildman–Crippen MR) is 68.1 cm³/mol. The molecule has 1 aromatic rings. The second kappa shape index (κ2) is 5.16. The number of amides is 1. The van der Waals surface area contributed by atoms with E-state index >= 15 is 0 Å². The van der Waals surface area contributed by atoms with Gasteiger partial charge in [0.1, 0.15) is 0 Å². The highest BCUT2D eigenvalue weighted by atomic mass is 32.1. The summed E-state index contributed by atoms with van der Waals surface area (Å²) in [5.74, 6) is 0.107. The molecule has 0 aliphatic carbocycles. The maximum Gasteiger partial charge on any atom is 0.227 e. The van der Waals surface area contributed by atoms with Crippen molar-refractivity contribution in [3.05, 3.63) is 22.4 Å². The van der Waals surface area contributed by atoms with Gasteiger partial charge in [-0.25, -0.2) is 0 Å². The smallest absolute Gasteiger partial charge is 0.227 e. The van der Waals surface area contributed by atoms with Crippen molar-refractivity contribution in [2.75, 3.05) is 27.2 Å². The zero-order valence-electron chi connectivity index (χ0n) is 10.2. The third-order valence-electron chi connectivity index (χ3n) is 3.18. The Morgan fingerprint density at radius 2 is 2.35 bits per heavy atom. The van der Waals surface area contributed by atoms with Crippen LogP contribution >= 0.6 is 11.3 Å². The number of rotatable bonds is 3. The van der Waals surface area contributed by atoms with Crippen LogP contribution < -0.4 is 0 Å². The van der Waals surface area contributed by atoms with Gasteiger partial charge < -0.3 is 14.9 Å². The van der Waals surface area contributed by atoms with Crippen molar-refractivity contribution in [1.82, 2.24) is 9.80 Å². The maximum atomic E-state index is 12.0. The molecule has 2 atom stereocenters. The summed E-state index contributed by atoms with van der Waals surface area (Å²) in [5.41, 5.74) is 0. The van der Waals surface area contributed by atoms with Crippen molar-refractivity contribution in [1.29, 1.82) is 0 Å². The van der Waals surface area contributed by atoms with Crippen LogP contribution in [0.2, 0.25) is 0 Å². The summed E-state index contributed by atoms with van der Waals surface area (Å²) in [7, 11) is 3.86. The van der Waals surface area contributed by atoms with E-state index in [-0.39, 0.29) is 11.9 Å². The van der Waals surface area contributed by atoms with Crippen molar-refractivity contribution in [2.45, 2.75) is 18.6 Å². The molecular formula is C12H18N2O2S. The van der Waals surface area contributed by atoms with Crippen molar-refractivity contribution >= 4 is 17.2 Å². The fourth-order valence-corrected chi connectivity index (χ4v) is 2.85. The largest absolute Gasteiger partial charge is 0.390 e. The summed E-state index contributed by atoms with van der Waals surface area (Å²) in [6.45, 7) is 1.07. The summed E-state index contributed by atoms with van der Waals surface area (Å²) < 4.78 is 0. The predicted octanol–water partition coefficient (Wildman–Crippen LogP) is 0.424. The first-order chi connectivity index (χ1) is 8.08. The van der Waals surface area contributed by atoms with E-state index in [0.717, 1.165) is 4.88 Å². The SMILES string of the molecule is CN(C)[C@H]1CN(C(=O)Cc2cccs2)C[C@@H]1O. The minimum atomic E-state index is -0.433. The van der Waals surface area contributed by atoms with Gasteiger partial charge in [-0.1, -0.05) is 6.07 Å². The normalized spacial score (nSPS) is 24.6. The number of likely N-dealkylation sites (N-methyl/N-ethyl adjacent to an activating group) is 1. The Bertz CT molecular complexity index is 378. The van der Waals surface area contributed by atoms with Gasteiger partial charge in [0.2, 0.25) is 5.91 Å². The van der Waals surface area contributed by atoms with E-state index in [4.69, 9.17) is 0 Å². The van der Waals surface area contributed by atoms with Crippen molar-refractivity contribution < 1.29 is 9.90 Å². The molecule has 0 unspecified atom stereocenters. The highest BCUT2D eigenvalue weighted by Gasteiger charge is 2.34. The highest BCUT2D eigenvalue weighted by Crippen LogP contribution is 2.17. The summed E-state index contributed by atoms with van der Waals surface area (Å²) >= 11 is 1.60. The lowest BCUT2D eigenvalue weighted by Crippen LogP contribution is -2.38. The lowest BCUT2D eigenvalue weighted by molar-refractivity contribution is -0.129. The second-order valence-electron chi connectivity index (χ2n) is 4.65. The molecule has 1 amide bonds. The van der Waals surface area contributed by atoms with E-state index in [9.17, 15) is 9.90 Å². The number of aliphatic hydroxyl groups excluding tert-OH is 1. The average molecular weight is 254 g/mol. The number of aliphatic hydroxyl groups is 1. The molecule has 1 N–H and O–H groups in total. The van der Waals surface area contributed by atoms with Gasteiger partial charge in [0.05, 0.1) is 18.6 Å². The molecule has 1 aliphatic rings. The molecule has 1 fully saturated rings. The summed E-state index contributed by atoms with van der Waals surface area (Å²) in [5, 5.41) is 11.8. The number of carbonyl (C=O) groups excluding carboxylic acids is 1. The number of β-amino-alcohol motifs (C(OH)–C–C–N with tert-alkyl or cyclic N) is 1. The van der Waals surface area contributed by atoms with Crippen LogP contribution in [0.3, 0.4) is 0 Å². The molecule has 0 saturated carbocycles. The zero-order chi connectivity index (χ0) is 12.4. The van der Waals surface area contributed by atoms with E-state index in [1.54, 1.807) is 16.2 Å². The van der Waals surface area contributed by atoms with Crippen LogP contribution in [-0.4, -0.2) is 60.1 Å². The first kappa shape index (κ1) is 12.5. The van der Waals surface area contributed by atoms with Crippen LogP contribution in [0.15, 0.2) is 17.5 Å². The lowest BCUT2D eigenvalue weighted by atomic mass is 10.2. The molecule has 0 aromatic carbocycles. The molecule has 1 saturated heterocycles. The molecule has 17 heavy (non-hydrogen) atoms. The molecule has 0 bridgehead atoms. The Morgan fingerprint density at radius 1 is 1.59 bits per heavy atom. The average Bonchev–Trinajstić information content (AvgIpc) is 2.86. The fourth-order valence-electron chi connectivity index (χ4n) is 2.15. The molecular weight excluding hydrogens is 236 g/mol. The van der Waals surface area contributed by atoms with Crippen LogP contribution in [0, 0.1) is 0 Å². The molecule has 94 valence electrons. The summed E-state index contributed by atoms with van der Waals surface area (Å²) in [4.78, 5) is 16.8. The lowest BCUT2D eigenvalue weighted by Gasteiger charge is -2.21. The second-order valence-corrected chi connectivity index (χ2v) is 5.69. The number of likely N-dealkylation sites (tertiary alicyclic amines) is 1. The van der Waals surface area contributed by atoms with E-state index < -0.39 is 6.10 Å². The summed E-state index contributed by atoms with van der Waals surface area (Å²) in [6, 6.07) is 3.98. The van der Waals surface area contributed by atoms with Gasteiger partial charge in [-0.05, 0) is 25.5 Å². The molecule has 0 radical (unpaired) electrons. The quantitative estimate of drug-likeness (QED) is 0.850. The first-order valence-electron chi connectivity index (χ1n) is 5.72. The molecule has 4 nitrogen and oxygen atoms in total. The van der Waals surface area contributed by atoms with Crippen LogP contribution in [-0.2, 0) is 11.2 Å². The van der Waals surface area contributed by atoms with Crippen LogP contribution in [0.25, 0.3) is 0 Å². The Balaban J connectivity index is 1.93. The maximum absolute atomic E-state index is 12.0. The number of thiophene rings is 1. The standard InChI is InChI=1S/C12H18N2O2S/c1-13(2)10-7-14(8-11(10)15)12(16)6-9-4-3-5-17-9/h3-5,10-11,15H,6-8H2,1-2H3/t10-,11-/m0/s1. The monoisotopic (exact) mass is 254 g/mol. The van der Waals surface area contributed by atoms with E-state index in [1.807, 2.05) is 36.5 Å². The van der Waals surface area contributed by atoms with Crippen molar-refractivity contribution in [2.24, 2.45) is 0 Å². The van der Waals surface area contributed by atoms with Crippen molar-refractivity contribution in [3.8, 4) is 0 Å². The molecule has 5 heteroatoms. The molecule has 0 spiro atoms. The fraction of sp³-hybridized carbons (Fsp3) is 0.583. The number of hydrogen-bond acceptors (Lipinski definition) is 4. The van der Waals surface area contributed by atoms with Gasteiger partial charge in [0, 0.05) is 18.0 Å². The molecule has 1 aliphatic heterocycles. The Morgan fingerprint density at radius 3 is 2.88 bits per heavy atom. The number of carbonyl (C=O) groups is 1. The Labute approximate surface area is 105 Å². The van der Waals surface area contributed by atoms with Gasteiger partial charge >= 0.3 is 0 Å². The van der Waals surface area contributed by atoms with Gasteiger partial charge in [0.15, 0.2) is 0 Å². The number of nitrogens with zero attached hydrogens (tertiary/aromatic N) is 2. The Hall–Kier alpha value is -0.910. The van der Waals surface area contributed by atoms with E-state index in [2.05, 4.69) is 0 Å². The van der Waals surface area contributed by atoms with Gasteiger partial charge in [-0.15, -0.1) is 11.3 Å². The summed E-state index contributed by atoms with van der Waals surface area (Å²) in [6.07, 6.45) is 0.0159. The highest BCUT2D eigenvalue weighted by molar-refractivity contribution is 7.10.